The number of hydrogen-bond donors (Lipinski definition) is 2. The minimum Gasteiger partial charge on any atom is -0.481 e. The number of rotatable bonds is 5. The molecule has 4 nitrogen and oxygen atoms in total. The van der Waals surface area contributed by atoms with Gasteiger partial charge in [-0.3, -0.25) is 4.79 Å². The van der Waals surface area contributed by atoms with Gasteiger partial charge in [0.2, 0.25) is 0 Å². The van der Waals surface area contributed by atoms with Crippen molar-refractivity contribution in [3.05, 3.63) is 16.6 Å². The number of aromatic nitrogens is 1. The van der Waals surface area contributed by atoms with Crippen LogP contribution in [0.2, 0.25) is 0 Å². The second-order valence-corrected chi connectivity index (χ2v) is 4.36. The van der Waals surface area contributed by atoms with Gasteiger partial charge < -0.3 is 10.4 Å². The summed E-state index contributed by atoms with van der Waals surface area (Å²) in [5.74, 6) is -4.28. The van der Waals surface area contributed by atoms with Crippen LogP contribution in [0.15, 0.2) is 11.6 Å². The van der Waals surface area contributed by atoms with Crippen molar-refractivity contribution in [2.75, 3.05) is 6.54 Å². The van der Waals surface area contributed by atoms with Crippen LogP contribution in [0.4, 0.5) is 13.2 Å². The second-order valence-electron chi connectivity index (χ2n) is 3.43. The van der Waals surface area contributed by atoms with E-state index in [1.165, 1.54) is 17.5 Å². The standard InChI is InChI=1S/C9H11F3N2O2S/c1-5(7-13-2-3-17-7)14-4-6(8(15)16)9(10,11)12/h2-3,5-6,14H,4H2,1H3,(H,15,16). The highest BCUT2D eigenvalue weighted by Crippen LogP contribution is 2.26. The van der Waals surface area contributed by atoms with E-state index < -0.39 is 30.7 Å². The molecule has 2 unspecified atom stereocenters. The largest absolute Gasteiger partial charge is 0.481 e. The zero-order valence-electron chi connectivity index (χ0n) is 8.86. The highest BCUT2D eigenvalue weighted by molar-refractivity contribution is 7.09. The van der Waals surface area contributed by atoms with Gasteiger partial charge in [0, 0.05) is 18.1 Å². The maximum Gasteiger partial charge on any atom is 0.403 e. The van der Waals surface area contributed by atoms with Gasteiger partial charge in [-0.1, -0.05) is 0 Å². The summed E-state index contributed by atoms with van der Waals surface area (Å²) in [5, 5.41) is 13.3. The number of nitrogens with zero attached hydrogens (tertiary/aromatic N) is 1. The van der Waals surface area contributed by atoms with Crippen LogP contribution >= 0.6 is 11.3 Å². The first-order valence-electron chi connectivity index (χ1n) is 4.74. The Bertz CT molecular complexity index is 367. The van der Waals surface area contributed by atoms with Crippen molar-refractivity contribution in [3.8, 4) is 0 Å². The molecule has 17 heavy (non-hydrogen) atoms. The van der Waals surface area contributed by atoms with Gasteiger partial charge in [-0.25, -0.2) is 4.98 Å². The Morgan fingerprint density at radius 1 is 1.65 bits per heavy atom. The van der Waals surface area contributed by atoms with E-state index in [0.29, 0.717) is 5.01 Å². The molecule has 0 fully saturated rings. The molecule has 0 spiro atoms. The lowest BCUT2D eigenvalue weighted by Gasteiger charge is -2.18. The third kappa shape index (κ3) is 3.97. The fourth-order valence-electron chi connectivity index (χ4n) is 1.17. The smallest absolute Gasteiger partial charge is 0.403 e. The summed E-state index contributed by atoms with van der Waals surface area (Å²) in [6.07, 6.45) is -3.21. The van der Waals surface area contributed by atoms with Crippen molar-refractivity contribution >= 4 is 17.3 Å². The average molecular weight is 268 g/mol. The summed E-state index contributed by atoms with van der Waals surface area (Å²) in [4.78, 5) is 14.4. The average Bonchev–Trinajstić information content (AvgIpc) is 2.67. The number of carboxylic acids is 1. The summed E-state index contributed by atoms with van der Waals surface area (Å²) in [7, 11) is 0. The van der Waals surface area contributed by atoms with Crippen molar-refractivity contribution < 1.29 is 23.1 Å². The van der Waals surface area contributed by atoms with Crippen LogP contribution in [0.1, 0.15) is 18.0 Å². The Hall–Kier alpha value is -1.15. The minimum absolute atomic E-state index is 0.404. The fraction of sp³-hybridized carbons (Fsp3) is 0.556. The number of carboxylic acid groups (broad SMARTS) is 1. The van der Waals surface area contributed by atoms with Gasteiger partial charge in [0.15, 0.2) is 5.92 Å². The van der Waals surface area contributed by atoms with Crippen LogP contribution in [0.3, 0.4) is 0 Å². The van der Waals surface area contributed by atoms with Gasteiger partial charge in [-0.05, 0) is 6.92 Å². The third-order valence-electron chi connectivity index (χ3n) is 2.14. The zero-order valence-corrected chi connectivity index (χ0v) is 9.68. The first-order valence-corrected chi connectivity index (χ1v) is 5.62. The summed E-state index contributed by atoms with van der Waals surface area (Å²) >= 11 is 1.30. The fourth-order valence-corrected chi connectivity index (χ4v) is 1.84. The molecule has 8 heteroatoms. The van der Waals surface area contributed by atoms with Crippen LogP contribution in [0.5, 0.6) is 0 Å². The molecule has 1 aromatic rings. The predicted molar refractivity (Wildman–Crippen MR) is 55.7 cm³/mol. The van der Waals surface area contributed by atoms with Gasteiger partial charge in [0.05, 0.1) is 6.04 Å². The Labute approximate surface area is 99.5 Å². The zero-order chi connectivity index (χ0) is 13.1. The Morgan fingerprint density at radius 3 is 2.71 bits per heavy atom. The van der Waals surface area contributed by atoms with Crippen LogP contribution < -0.4 is 5.32 Å². The Kier molecular flexibility index (Phi) is 4.47. The SMILES string of the molecule is CC(NCC(C(=O)O)C(F)(F)F)c1nccs1. The number of thiazole rings is 1. The van der Waals surface area contributed by atoms with Gasteiger partial charge in [0.25, 0.3) is 0 Å². The molecular formula is C9H11F3N2O2S. The second kappa shape index (κ2) is 5.46. The van der Waals surface area contributed by atoms with E-state index in [1.807, 2.05) is 0 Å². The number of aliphatic carboxylic acids is 1. The van der Waals surface area contributed by atoms with Gasteiger partial charge in [-0.2, -0.15) is 13.2 Å². The molecular weight excluding hydrogens is 257 g/mol. The topological polar surface area (TPSA) is 62.2 Å². The van der Waals surface area contributed by atoms with Crippen molar-refractivity contribution in [1.29, 1.82) is 0 Å². The van der Waals surface area contributed by atoms with E-state index in [2.05, 4.69) is 10.3 Å². The molecule has 1 rings (SSSR count). The van der Waals surface area contributed by atoms with E-state index in [9.17, 15) is 18.0 Å². The molecule has 0 saturated heterocycles. The number of carbonyl (C=O) groups is 1. The highest BCUT2D eigenvalue weighted by Gasteiger charge is 2.44. The van der Waals surface area contributed by atoms with Gasteiger partial charge >= 0.3 is 12.1 Å². The van der Waals surface area contributed by atoms with E-state index in [-0.39, 0.29) is 0 Å². The summed E-state index contributed by atoms with van der Waals surface area (Å²) in [5.41, 5.74) is 0. The molecule has 0 bridgehead atoms. The van der Waals surface area contributed by atoms with Crippen LogP contribution in [-0.4, -0.2) is 28.8 Å². The van der Waals surface area contributed by atoms with Crippen molar-refractivity contribution in [3.63, 3.8) is 0 Å². The molecule has 0 radical (unpaired) electrons. The molecule has 2 N–H and O–H groups in total. The number of halogens is 3. The first-order chi connectivity index (χ1) is 7.82. The lowest BCUT2D eigenvalue weighted by Crippen LogP contribution is -2.39. The van der Waals surface area contributed by atoms with E-state index in [1.54, 1.807) is 12.3 Å². The summed E-state index contributed by atoms with van der Waals surface area (Å²) in [6, 6.07) is -0.404. The lowest BCUT2D eigenvalue weighted by molar-refractivity contribution is -0.192. The Balaban J connectivity index is 2.56. The summed E-state index contributed by atoms with van der Waals surface area (Å²) < 4.78 is 37.0. The van der Waals surface area contributed by atoms with Gasteiger partial charge in [0.1, 0.15) is 5.01 Å². The molecule has 2 atom stereocenters. The van der Waals surface area contributed by atoms with Crippen molar-refractivity contribution in [1.82, 2.24) is 10.3 Å². The van der Waals surface area contributed by atoms with Crippen LogP contribution in [-0.2, 0) is 4.79 Å². The molecule has 0 aliphatic rings. The van der Waals surface area contributed by atoms with E-state index in [4.69, 9.17) is 5.11 Å². The molecule has 1 heterocycles. The number of hydrogen-bond acceptors (Lipinski definition) is 4. The van der Waals surface area contributed by atoms with Gasteiger partial charge in [-0.15, -0.1) is 11.3 Å². The monoisotopic (exact) mass is 268 g/mol. The Morgan fingerprint density at radius 2 is 2.29 bits per heavy atom. The maximum absolute atomic E-state index is 12.3. The molecule has 0 saturated carbocycles. The van der Waals surface area contributed by atoms with Crippen molar-refractivity contribution in [2.24, 2.45) is 5.92 Å². The highest BCUT2D eigenvalue weighted by atomic mass is 32.1. The van der Waals surface area contributed by atoms with Crippen molar-refractivity contribution in [2.45, 2.75) is 19.1 Å². The molecule has 0 amide bonds. The third-order valence-corrected chi connectivity index (χ3v) is 3.10. The number of nitrogens with one attached hydrogen (secondary N) is 1. The molecule has 0 aliphatic carbocycles. The molecule has 0 aliphatic heterocycles. The summed E-state index contributed by atoms with van der Waals surface area (Å²) in [6.45, 7) is 0.966. The maximum atomic E-state index is 12.3. The lowest BCUT2D eigenvalue weighted by atomic mass is 10.1. The van der Waals surface area contributed by atoms with E-state index in [0.717, 1.165) is 0 Å². The quantitative estimate of drug-likeness (QED) is 0.858. The normalized spacial score (nSPS) is 15.5. The number of alkyl halides is 3. The van der Waals surface area contributed by atoms with Crippen LogP contribution in [0.25, 0.3) is 0 Å². The molecule has 1 aromatic heterocycles. The first kappa shape index (κ1) is 13.9. The molecule has 0 aromatic carbocycles. The minimum atomic E-state index is -4.75. The predicted octanol–water partition coefficient (Wildman–Crippen LogP) is 2.06. The molecule has 96 valence electrons. The van der Waals surface area contributed by atoms with Crippen LogP contribution in [0, 0.1) is 5.92 Å². The van der Waals surface area contributed by atoms with E-state index >= 15 is 0 Å².